The van der Waals surface area contributed by atoms with Gasteiger partial charge in [-0.25, -0.2) is 23.7 Å². The normalized spacial score (nSPS) is 15.5. The molecule has 1 fully saturated rings. The summed E-state index contributed by atoms with van der Waals surface area (Å²) < 4.78 is 38.7. The molecule has 6 nitrogen and oxygen atoms in total. The molecule has 3 heterocycles. The van der Waals surface area contributed by atoms with Crippen molar-refractivity contribution in [2.75, 3.05) is 38.5 Å². The topological polar surface area (TPSA) is 60.4 Å². The Morgan fingerprint density at radius 3 is 2.32 bits per heavy atom. The lowest BCUT2D eigenvalue weighted by atomic mass is 10.1. The number of hydrogen-bond acceptors (Lipinski definition) is 7. The van der Waals surface area contributed by atoms with Crippen LogP contribution in [0, 0.1) is 0 Å². The van der Waals surface area contributed by atoms with Crippen LogP contribution in [0.3, 0.4) is 0 Å². The zero-order valence-corrected chi connectivity index (χ0v) is 19.2. The first-order chi connectivity index (χ1) is 14.8. The lowest BCUT2D eigenvalue weighted by molar-refractivity contribution is 0.0257. The van der Waals surface area contributed by atoms with Crippen LogP contribution < -0.4 is 14.4 Å². The van der Waals surface area contributed by atoms with E-state index in [9.17, 15) is 8.78 Å². The average molecular weight is 487 g/mol. The van der Waals surface area contributed by atoms with Crippen molar-refractivity contribution in [3.63, 3.8) is 0 Å². The van der Waals surface area contributed by atoms with Gasteiger partial charge < -0.3 is 14.4 Å². The monoisotopic (exact) mass is 486 g/mol. The van der Waals surface area contributed by atoms with Crippen molar-refractivity contribution < 1.29 is 18.3 Å². The zero-order chi connectivity index (χ0) is 22.3. The van der Waals surface area contributed by atoms with Gasteiger partial charge in [-0.1, -0.05) is 35.0 Å². The Bertz CT molecular complexity index is 1140. The first kappa shape index (κ1) is 22.1. The van der Waals surface area contributed by atoms with Crippen LogP contribution in [0.4, 0.5) is 14.6 Å². The van der Waals surface area contributed by atoms with Gasteiger partial charge in [0.1, 0.15) is 17.0 Å². The highest BCUT2D eigenvalue weighted by molar-refractivity contribution is 7.98. The van der Waals surface area contributed by atoms with E-state index in [1.54, 1.807) is 18.3 Å². The number of methoxy groups -OCH3 is 2. The van der Waals surface area contributed by atoms with Crippen LogP contribution in [-0.4, -0.2) is 54.4 Å². The fourth-order valence-corrected chi connectivity index (χ4v) is 4.52. The number of anilines is 1. The molecule has 0 amide bonds. The maximum absolute atomic E-state index is 14.0. The molecule has 0 saturated carbocycles. The Morgan fingerprint density at radius 1 is 1.10 bits per heavy atom. The standard InChI is InChI=1S/C20H18Cl2F2N4O2S/c1-29-12-7-13(30-2)16(22)14(15(12)21)11-6-10-8-25-19(31-3)27-17(10)18(26-11)28-5-4-20(23,24)9-28/h6-8H,4-5,9H2,1-3H3. The number of rotatable bonds is 5. The third-order valence-electron chi connectivity index (χ3n) is 5.01. The van der Waals surface area contributed by atoms with Crippen LogP contribution >= 0.6 is 35.0 Å². The van der Waals surface area contributed by atoms with Gasteiger partial charge >= 0.3 is 0 Å². The highest BCUT2D eigenvalue weighted by atomic mass is 35.5. The molecule has 2 aromatic heterocycles. The largest absolute Gasteiger partial charge is 0.495 e. The van der Waals surface area contributed by atoms with Crippen molar-refractivity contribution in [2.45, 2.75) is 17.5 Å². The second-order valence-electron chi connectivity index (χ2n) is 6.94. The summed E-state index contributed by atoms with van der Waals surface area (Å²) in [4.78, 5) is 15.0. The number of thioether (sulfide) groups is 1. The summed E-state index contributed by atoms with van der Waals surface area (Å²) >= 11 is 14.5. The summed E-state index contributed by atoms with van der Waals surface area (Å²) in [5.41, 5.74) is 1.25. The van der Waals surface area contributed by atoms with Gasteiger partial charge in [0.2, 0.25) is 0 Å². The number of pyridine rings is 1. The maximum atomic E-state index is 14.0. The van der Waals surface area contributed by atoms with Crippen LogP contribution in [0.1, 0.15) is 6.42 Å². The van der Waals surface area contributed by atoms with Crippen LogP contribution in [0.2, 0.25) is 10.0 Å². The quantitative estimate of drug-likeness (QED) is 0.344. The highest BCUT2D eigenvalue weighted by Crippen LogP contribution is 2.46. The van der Waals surface area contributed by atoms with Gasteiger partial charge in [0.05, 0.1) is 36.5 Å². The zero-order valence-electron chi connectivity index (χ0n) is 16.9. The Labute approximate surface area is 191 Å². The fourth-order valence-electron chi connectivity index (χ4n) is 3.48. The molecular formula is C20H18Cl2F2N4O2S. The Morgan fingerprint density at radius 2 is 1.77 bits per heavy atom. The smallest absolute Gasteiger partial charge is 0.266 e. The van der Waals surface area contributed by atoms with Crippen molar-refractivity contribution in [3.05, 3.63) is 28.4 Å². The number of aromatic nitrogens is 3. The SMILES string of the molecule is COc1cc(OC)c(Cl)c(-c2cc3cnc(SC)nc3c(N3CCC(F)(F)C3)n2)c1Cl. The lowest BCUT2D eigenvalue weighted by Gasteiger charge is -2.21. The molecule has 11 heteroatoms. The van der Waals surface area contributed by atoms with Crippen molar-refractivity contribution in [1.82, 2.24) is 15.0 Å². The Kier molecular flexibility index (Phi) is 6.02. The van der Waals surface area contributed by atoms with Crippen molar-refractivity contribution in [1.29, 1.82) is 0 Å². The average Bonchev–Trinajstić information content (AvgIpc) is 3.12. The van der Waals surface area contributed by atoms with Crippen LogP contribution in [0.15, 0.2) is 23.5 Å². The van der Waals surface area contributed by atoms with Gasteiger partial charge in [0, 0.05) is 36.2 Å². The minimum absolute atomic E-state index is 0.153. The van der Waals surface area contributed by atoms with Gasteiger partial charge in [-0.2, -0.15) is 0 Å². The van der Waals surface area contributed by atoms with E-state index in [4.69, 9.17) is 32.7 Å². The predicted molar refractivity (Wildman–Crippen MR) is 119 cm³/mol. The molecule has 1 aliphatic rings. The fraction of sp³-hybridized carbons (Fsp3) is 0.350. The van der Waals surface area contributed by atoms with E-state index in [-0.39, 0.29) is 23.0 Å². The molecule has 1 saturated heterocycles. The molecule has 0 atom stereocenters. The summed E-state index contributed by atoms with van der Waals surface area (Å²) in [7, 11) is 2.95. The molecule has 0 N–H and O–H groups in total. The minimum atomic E-state index is -2.80. The number of alkyl halides is 2. The predicted octanol–water partition coefficient (Wildman–Crippen LogP) is 5.58. The summed E-state index contributed by atoms with van der Waals surface area (Å²) in [5, 5.41) is 1.62. The first-order valence-electron chi connectivity index (χ1n) is 9.23. The summed E-state index contributed by atoms with van der Waals surface area (Å²) in [5.74, 6) is -1.77. The van der Waals surface area contributed by atoms with E-state index in [1.807, 2.05) is 6.26 Å². The van der Waals surface area contributed by atoms with E-state index in [0.29, 0.717) is 44.6 Å². The molecule has 0 radical (unpaired) electrons. The second kappa shape index (κ2) is 8.44. The molecule has 1 aliphatic heterocycles. The van der Waals surface area contributed by atoms with E-state index in [1.165, 1.54) is 30.9 Å². The summed E-state index contributed by atoms with van der Waals surface area (Å²) in [6.45, 7) is -0.292. The molecular weight excluding hydrogens is 469 g/mol. The van der Waals surface area contributed by atoms with Crippen molar-refractivity contribution in [2.24, 2.45) is 0 Å². The molecule has 31 heavy (non-hydrogen) atoms. The number of hydrogen-bond donors (Lipinski definition) is 0. The van der Waals surface area contributed by atoms with Gasteiger partial charge in [0.15, 0.2) is 11.0 Å². The number of ether oxygens (including phenoxy) is 2. The van der Waals surface area contributed by atoms with Gasteiger partial charge in [-0.3, -0.25) is 0 Å². The molecule has 4 rings (SSSR count). The van der Waals surface area contributed by atoms with E-state index >= 15 is 0 Å². The second-order valence-corrected chi connectivity index (χ2v) is 8.47. The Balaban J connectivity index is 1.99. The number of halogens is 4. The van der Waals surface area contributed by atoms with Gasteiger partial charge in [0.25, 0.3) is 5.92 Å². The Hall–Kier alpha value is -2.10. The molecule has 0 spiro atoms. The van der Waals surface area contributed by atoms with E-state index in [0.717, 1.165) is 0 Å². The van der Waals surface area contributed by atoms with E-state index in [2.05, 4.69) is 15.0 Å². The molecule has 0 bridgehead atoms. The molecule has 3 aromatic rings. The molecule has 164 valence electrons. The highest BCUT2D eigenvalue weighted by Gasteiger charge is 2.39. The molecule has 0 aliphatic carbocycles. The minimum Gasteiger partial charge on any atom is -0.495 e. The number of fused-ring (bicyclic) bond motifs is 1. The van der Waals surface area contributed by atoms with Crippen molar-refractivity contribution in [3.8, 4) is 22.8 Å². The lowest BCUT2D eigenvalue weighted by Crippen LogP contribution is -2.26. The van der Waals surface area contributed by atoms with Gasteiger partial charge in [-0.15, -0.1) is 0 Å². The summed E-state index contributed by atoms with van der Waals surface area (Å²) in [6.07, 6.45) is 3.22. The van der Waals surface area contributed by atoms with Crippen molar-refractivity contribution >= 4 is 51.7 Å². The number of nitrogens with zero attached hydrogens (tertiary/aromatic N) is 4. The van der Waals surface area contributed by atoms with Crippen LogP contribution in [0.5, 0.6) is 11.5 Å². The third-order valence-corrected chi connectivity index (χ3v) is 6.32. The molecule has 1 aromatic carbocycles. The number of benzene rings is 1. The van der Waals surface area contributed by atoms with E-state index < -0.39 is 12.5 Å². The third kappa shape index (κ3) is 4.06. The first-order valence-corrected chi connectivity index (χ1v) is 11.2. The summed E-state index contributed by atoms with van der Waals surface area (Å²) in [6, 6.07) is 3.30. The van der Waals surface area contributed by atoms with Crippen LogP contribution in [0.25, 0.3) is 22.2 Å². The molecule has 0 unspecified atom stereocenters. The van der Waals surface area contributed by atoms with Crippen LogP contribution in [-0.2, 0) is 0 Å². The van der Waals surface area contributed by atoms with Gasteiger partial charge in [-0.05, 0) is 12.3 Å². The maximum Gasteiger partial charge on any atom is 0.266 e.